The summed E-state index contributed by atoms with van der Waals surface area (Å²) < 4.78 is 39.2. The molecule has 1 aliphatic rings. The standard InChI is InChI=1S/C16H20N2O6S/c1-22-12-6-11-13(15(24-3)14(12)23-2)10(7-17-11)16(19)18-9-4-5-25(20,21)8-9/h6-7,9,17H,4-5,8H2,1-3H3,(H,18,19). The van der Waals surface area contributed by atoms with Crippen LogP contribution in [0.4, 0.5) is 0 Å². The predicted octanol–water partition coefficient (Wildman–Crippen LogP) is 1.11. The van der Waals surface area contributed by atoms with Gasteiger partial charge in [0.1, 0.15) is 0 Å². The molecule has 25 heavy (non-hydrogen) atoms. The van der Waals surface area contributed by atoms with E-state index in [1.54, 1.807) is 12.3 Å². The smallest absolute Gasteiger partial charge is 0.253 e. The highest BCUT2D eigenvalue weighted by Gasteiger charge is 2.30. The highest BCUT2D eigenvalue weighted by molar-refractivity contribution is 7.91. The second-order valence-corrected chi connectivity index (χ2v) is 8.07. The van der Waals surface area contributed by atoms with Gasteiger partial charge in [-0.05, 0) is 6.42 Å². The Morgan fingerprint density at radius 3 is 2.48 bits per heavy atom. The molecule has 8 nitrogen and oxygen atoms in total. The molecule has 0 spiro atoms. The third-order valence-electron chi connectivity index (χ3n) is 4.28. The number of benzene rings is 1. The topological polar surface area (TPSA) is 107 Å². The fourth-order valence-electron chi connectivity index (χ4n) is 3.11. The van der Waals surface area contributed by atoms with Crippen LogP contribution in [0.2, 0.25) is 0 Å². The molecule has 1 aromatic carbocycles. The Kier molecular flexibility index (Phi) is 4.51. The Bertz CT molecular complexity index is 918. The summed E-state index contributed by atoms with van der Waals surface area (Å²) >= 11 is 0. The van der Waals surface area contributed by atoms with Crippen LogP contribution in [0.3, 0.4) is 0 Å². The summed E-state index contributed by atoms with van der Waals surface area (Å²) in [6, 6.07) is 1.33. The van der Waals surface area contributed by atoms with Crippen molar-refractivity contribution in [3.63, 3.8) is 0 Å². The number of hydrogen-bond donors (Lipinski definition) is 2. The first kappa shape index (κ1) is 17.4. The predicted molar refractivity (Wildman–Crippen MR) is 92.5 cm³/mol. The van der Waals surface area contributed by atoms with Crippen LogP contribution in [-0.2, 0) is 9.84 Å². The molecule has 2 heterocycles. The molecule has 1 amide bonds. The summed E-state index contributed by atoms with van der Waals surface area (Å²) in [6.07, 6.45) is 1.98. The molecular weight excluding hydrogens is 348 g/mol. The minimum Gasteiger partial charge on any atom is -0.493 e. The molecule has 0 radical (unpaired) electrons. The fourth-order valence-corrected chi connectivity index (χ4v) is 4.78. The largest absolute Gasteiger partial charge is 0.493 e. The third-order valence-corrected chi connectivity index (χ3v) is 6.05. The first-order valence-corrected chi connectivity index (χ1v) is 9.53. The van der Waals surface area contributed by atoms with Crippen LogP contribution in [0.15, 0.2) is 12.3 Å². The number of hydrogen-bond acceptors (Lipinski definition) is 6. The number of ether oxygens (including phenoxy) is 3. The third kappa shape index (κ3) is 3.11. The van der Waals surface area contributed by atoms with Gasteiger partial charge in [-0.25, -0.2) is 8.42 Å². The SMILES string of the molecule is COc1cc2[nH]cc(C(=O)NC3CCS(=O)(=O)C3)c2c(OC)c1OC. The van der Waals surface area contributed by atoms with E-state index in [4.69, 9.17) is 14.2 Å². The van der Waals surface area contributed by atoms with Crippen molar-refractivity contribution < 1.29 is 27.4 Å². The maximum Gasteiger partial charge on any atom is 0.253 e. The van der Waals surface area contributed by atoms with E-state index in [0.29, 0.717) is 40.1 Å². The molecule has 1 aliphatic heterocycles. The van der Waals surface area contributed by atoms with Gasteiger partial charge in [-0.15, -0.1) is 0 Å². The first-order valence-electron chi connectivity index (χ1n) is 7.71. The quantitative estimate of drug-likeness (QED) is 0.819. The van der Waals surface area contributed by atoms with E-state index >= 15 is 0 Å². The summed E-state index contributed by atoms with van der Waals surface area (Å²) in [5.74, 6) is 0.938. The lowest BCUT2D eigenvalue weighted by atomic mass is 10.1. The number of methoxy groups -OCH3 is 3. The van der Waals surface area contributed by atoms with Crippen molar-refractivity contribution in [2.24, 2.45) is 0 Å². The van der Waals surface area contributed by atoms with Crippen molar-refractivity contribution in [3.05, 3.63) is 17.8 Å². The van der Waals surface area contributed by atoms with Gasteiger partial charge in [0.25, 0.3) is 5.91 Å². The van der Waals surface area contributed by atoms with Crippen molar-refractivity contribution in [3.8, 4) is 17.2 Å². The molecule has 1 atom stereocenters. The maximum atomic E-state index is 12.7. The Labute approximate surface area is 145 Å². The van der Waals surface area contributed by atoms with Crippen molar-refractivity contribution in [1.82, 2.24) is 10.3 Å². The van der Waals surface area contributed by atoms with Gasteiger partial charge in [0.15, 0.2) is 21.3 Å². The second-order valence-electron chi connectivity index (χ2n) is 5.84. The van der Waals surface area contributed by atoms with E-state index in [0.717, 1.165) is 0 Å². The molecule has 2 N–H and O–H groups in total. The zero-order valence-corrected chi connectivity index (χ0v) is 15.0. The maximum absolute atomic E-state index is 12.7. The molecule has 1 saturated heterocycles. The van der Waals surface area contributed by atoms with Gasteiger partial charge in [-0.3, -0.25) is 4.79 Å². The van der Waals surface area contributed by atoms with E-state index in [2.05, 4.69) is 10.3 Å². The molecule has 136 valence electrons. The second kappa shape index (κ2) is 6.47. The van der Waals surface area contributed by atoms with E-state index < -0.39 is 9.84 Å². The van der Waals surface area contributed by atoms with Gasteiger partial charge >= 0.3 is 0 Å². The van der Waals surface area contributed by atoms with Crippen molar-refractivity contribution in [2.75, 3.05) is 32.8 Å². The average molecular weight is 368 g/mol. The number of H-pyrrole nitrogens is 1. The van der Waals surface area contributed by atoms with E-state index in [-0.39, 0.29) is 23.5 Å². The van der Waals surface area contributed by atoms with Crippen LogP contribution in [0, 0.1) is 0 Å². The summed E-state index contributed by atoms with van der Waals surface area (Å²) in [5.41, 5.74) is 1.01. The lowest BCUT2D eigenvalue weighted by Crippen LogP contribution is -2.35. The van der Waals surface area contributed by atoms with E-state index in [1.165, 1.54) is 21.3 Å². The van der Waals surface area contributed by atoms with Crippen molar-refractivity contribution in [1.29, 1.82) is 0 Å². The fraction of sp³-hybridized carbons (Fsp3) is 0.438. The van der Waals surface area contributed by atoms with E-state index in [1.807, 2.05) is 0 Å². The Morgan fingerprint density at radius 2 is 1.92 bits per heavy atom. The van der Waals surface area contributed by atoms with Crippen LogP contribution < -0.4 is 19.5 Å². The number of rotatable bonds is 5. The van der Waals surface area contributed by atoms with Crippen LogP contribution in [0.25, 0.3) is 10.9 Å². The summed E-state index contributed by atoms with van der Waals surface area (Å²) in [5, 5.41) is 3.33. The Morgan fingerprint density at radius 1 is 1.20 bits per heavy atom. The Hall–Kier alpha value is -2.42. The first-order chi connectivity index (χ1) is 11.9. The van der Waals surface area contributed by atoms with Gasteiger partial charge in [0, 0.05) is 18.3 Å². The van der Waals surface area contributed by atoms with E-state index in [9.17, 15) is 13.2 Å². The molecule has 2 aromatic rings. The van der Waals surface area contributed by atoms with Crippen molar-refractivity contribution in [2.45, 2.75) is 12.5 Å². The highest BCUT2D eigenvalue weighted by atomic mass is 32.2. The summed E-state index contributed by atoms with van der Waals surface area (Å²) in [6.45, 7) is 0. The van der Waals surface area contributed by atoms with Crippen LogP contribution in [0.1, 0.15) is 16.8 Å². The number of amides is 1. The van der Waals surface area contributed by atoms with Gasteiger partial charge in [0.2, 0.25) is 5.75 Å². The molecule has 3 rings (SSSR count). The molecule has 1 aromatic heterocycles. The number of sulfone groups is 1. The molecule has 0 bridgehead atoms. The number of carbonyl (C=O) groups is 1. The molecule has 0 saturated carbocycles. The zero-order valence-electron chi connectivity index (χ0n) is 14.2. The molecule has 1 fully saturated rings. The number of carbonyl (C=O) groups excluding carboxylic acids is 1. The lowest BCUT2D eigenvalue weighted by Gasteiger charge is -2.15. The monoisotopic (exact) mass is 368 g/mol. The number of aromatic nitrogens is 1. The summed E-state index contributed by atoms with van der Waals surface area (Å²) in [7, 11) is 1.41. The van der Waals surface area contributed by atoms with Gasteiger partial charge in [0.05, 0.1) is 49.3 Å². The zero-order chi connectivity index (χ0) is 18.2. The number of aromatic amines is 1. The van der Waals surface area contributed by atoms with Gasteiger partial charge < -0.3 is 24.5 Å². The number of nitrogens with one attached hydrogen (secondary N) is 2. The van der Waals surface area contributed by atoms with Gasteiger partial charge in [-0.2, -0.15) is 0 Å². The summed E-state index contributed by atoms with van der Waals surface area (Å²) in [4.78, 5) is 15.7. The number of fused-ring (bicyclic) bond motifs is 1. The molecule has 1 unspecified atom stereocenters. The minimum absolute atomic E-state index is 0.0324. The normalized spacial score (nSPS) is 18.9. The van der Waals surface area contributed by atoms with Crippen LogP contribution >= 0.6 is 0 Å². The minimum atomic E-state index is -3.07. The Balaban J connectivity index is 2.01. The van der Waals surface area contributed by atoms with Crippen molar-refractivity contribution >= 4 is 26.6 Å². The average Bonchev–Trinajstić information content (AvgIpc) is 3.15. The molecule has 0 aliphatic carbocycles. The molecular formula is C16H20N2O6S. The van der Waals surface area contributed by atoms with Gasteiger partial charge in [-0.1, -0.05) is 0 Å². The highest BCUT2D eigenvalue weighted by Crippen LogP contribution is 2.44. The lowest BCUT2D eigenvalue weighted by molar-refractivity contribution is 0.0942. The van der Waals surface area contributed by atoms with Crippen LogP contribution in [-0.4, -0.2) is 58.2 Å². The molecule has 9 heteroatoms. The van der Waals surface area contributed by atoms with Crippen LogP contribution in [0.5, 0.6) is 17.2 Å².